The van der Waals surface area contributed by atoms with Crippen molar-refractivity contribution >= 4 is 38.1 Å². The average Bonchev–Trinajstić information content (AvgIpc) is 2.35. The second kappa shape index (κ2) is 6.61. The quantitative estimate of drug-likeness (QED) is 0.620. The Kier molecular flexibility index (Phi) is 5.63. The molecule has 0 saturated carbocycles. The lowest BCUT2D eigenvalue weighted by Gasteiger charge is -2.11. The SMILES string of the molecule is CC(CNS(=O)(=O)c1cc([N+](=O)[O-])ccc1Cl)S(C)=O. The molecule has 0 amide bonds. The Hall–Kier alpha value is -1.03. The zero-order valence-corrected chi connectivity index (χ0v) is 13.1. The third-order valence-electron chi connectivity index (χ3n) is 2.54. The molecule has 0 bridgehead atoms. The fraction of sp³-hybridized carbons (Fsp3) is 0.400. The van der Waals surface area contributed by atoms with Crippen LogP contribution < -0.4 is 4.72 Å². The van der Waals surface area contributed by atoms with E-state index < -0.39 is 25.7 Å². The number of non-ortho nitro benzene ring substituents is 1. The maximum atomic E-state index is 12.0. The van der Waals surface area contributed by atoms with E-state index >= 15 is 0 Å². The van der Waals surface area contributed by atoms with E-state index in [0.717, 1.165) is 18.2 Å². The summed E-state index contributed by atoms with van der Waals surface area (Å²) < 4.78 is 37.5. The number of hydrogen-bond acceptors (Lipinski definition) is 5. The molecule has 0 aliphatic rings. The van der Waals surface area contributed by atoms with E-state index in [1.807, 2.05) is 0 Å². The summed E-state index contributed by atoms with van der Waals surface area (Å²) in [5.74, 6) is 0. The van der Waals surface area contributed by atoms with E-state index in [2.05, 4.69) is 4.72 Å². The molecule has 20 heavy (non-hydrogen) atoms. The van der Waals surface area contributed by atoms with Gasteiger partial charge in [0.1, 0.15) is 4.90 Å². The van der Waals surface area contributed by atoms with Crippen molar-refractivity contribution in [3.8, 4) is 0 Å². The number of rotatable bonds is 6. The third kappa shape index (κ3) is 4.23. The number of hydrogen-bond donors (Lipinski definition) is 1. The van der Waals surface area contributed by atoms with Gasteiger partial charge in [0, 0.05) is 41.0 Å². The van der Waals surface area contributed by atoms with Crippen molar-refractivity contribution in [2.45, 2.75) is 17.1 Å². The van der Waals surface area contributed by atoms with E-state index in [-0.39, 0.29) is 27.4 Å². The second-order valence-electron chi connectivity index (χ2n) is 4.03. The fourth-order valence-electron chi connectivity index (χ4n) is 1.23. The van der Waals surface area contributed by atoms with Gasteiger partial charge in [0.15, 0.2) is 0 Å². The number of nitro benzene ring substituents is 1. The van der Waals surface area contributed by atoms with Gasteiger partial charge in [-0.15, -0.1) is 0 Å². The third-order valence-corrected chi connectivity index (χ3v) is 5.75. The smallest absolute Gasteiger partial charge is 0.260 e. The summed E-state index contributed by atoms with van der Waals surface area (Å²) in [7, 11) is -5.18. The molecule has 1 aromatic carbocycles. The first-order valence-corrected chi connectivity index (χ1v) is 8.89. The first-order valence-electron chi connectivity index (χ1n) is 5.41. The van der Waals surface area contributed by atoms with Gasteiger partial charge in [-0.1, -0.05) is 11.6 Å². The van der Waals surface area contributed by atoms with Gasteiger partial charge in [0.2, 0.25) is 10.0 Å². The number of benzene rings is 1. The molecule has 112 valence electrons. The van der Waals surface area contributed by atoms with E-state index in [9.17, 15) is 22.7 Å². The minimum Gasteiger partial charge on any atom is -0.260 e. The van der Waals surface area contributed by atoms with Crippen LogP contribution in [0.25, 0.3) is 0 Å². The van der Waals surface area contributed by atoms with Gasteiger partial charge in [-0.3, -0.25) is 14.3 Å². The first kappa shape index (κ1) is 17.0. The lowest BCUT2D eigenvalue weighted by atomic mass is 10.3. The van der Waals surface area contributed by atoms with Crippen LogP contribution in [0, 0.1) is 10.1 Å². The van der Waals surface area contributed by atoms with Crippen LogP contribution in [0.15, 0.2) is 23.1 Å². The van der Waals surface area contributed by atoms with Crippen molar-refractivity contribution in [2.24, 2.45) is 0 Å². The van der Waals surface area contributed by atoms with Gasteiger partial charge in [-0.05, 0) is 13.0 Å². The molecule has 0 spiro atoms. The molecule has 10 heteroatoms. The lowest BCUT2D eigenvalue weighted by Crippen LogP contribution is -2.32. The summed E-state index contributed by atoms with van der Waals surface area (Å²) in [5.41, 5.74) is -0.373. The molecule has 7 nitrogen and oxygen atoms in total. The van der Waals surface area contributed by atoms with Crippen LogP contribution >= 0.6 is 11.6 Å². The van der Waals surface area contributed by atoms with Gasteiger partial charge in [0.05, 0.1) is 9.95 Å². The Morgan fingerprint density at radius 3 is 2.60 bits per heavy atom. The maximum Gasteiger partial charge on any atom is 0.270 e. The van der Waals surface area contributed by atoms with Crippen molar-refractivity contribution < 1.29 is 17.6 Å². The monoisotopic (exact) mass is 340 g/mol. The van der Waals surface area contributed by atoms with Crippen LogP contribution in [0.2, 0.25) is 5.02 Å². The van der Waals surface area contributed by atoms with Gasteiger partial charge < -0.3 is 0 Å². The highest BCUT2D eigenvalue weighted by molar-refractivity contribution is 7.89. The van der Waals surface area contributed by atoms with Gasteiger partial charge in [-0.2, -0.15) is 0 Å². The highest BCUT2D eigenvalue weighted by atomic mass is 35.5. The molecule has 0 heterocycles. The Balaban J connectivity index is 3.06. The summed E-state index contributed by atoms with van der Waals surface area (Å²) in [4.78, 5) is 9.57. The maximum absolute atomic E-state index is 12.0. The number of nitrogens with zero attached hydrogens (tertiary/aromatic N) is 1. The van der Waals surface area contributed by atoms with E-state index in [0.29, 0.717) is 0 Å². The molecular formula is C10H13ClN2O5S2. The molecule has 0 aliphatic heterocycles. The van der Waals surface area contributed by atoms with E-state index in [4.69, 9.17) is 11.6 Å². The Morgan fingerprint density at radius 1 is 1.50 bits per heavy atom. The van der Waals surface area contributed by atoms with E-state index in [1.54, 1.807) is 6.92 Å². The number of nitrogens with one attached hydrogen (secondary N) is 1. The average molecular weight is 341 g/mol. The molecule has 0 fully saturated rings. The summed E-state index contributed by atoms with van der Waals surface area (Å²) in [6.45, 7) is 1.57. The summed E-state index contributed by atoms with van der Waals surface area (Å²) in [5, 5.41) is 10.1. The molecule has 0 saturated heterocycles. The first-order chi connectivity index (χ1) is 9.15. The zero-order valence-electron chi connectivity index (χ0n) is 10.7. The summed E-state index contributed by atoms with van der Waals surface area (Å²) >= 11 is 5.76. The molecule has 2 unspecified atom stereocenters. The predicted octanol–water partition coefficient (Wildman–Crippen LogP) is 1.29. The van der Waals surface area contributed by atoms with E-state index in [1.165, 1.54) is 6.26 Å². The predicted molar refractivity (Wildman–Crippen MR) is 76.8 cm³/mol. The molecule has 1 rings (SSSR count). The van der Waals surface area contributed by atoms with Crippen LogP contribution in [-0.2, 0) is 20.8 Å². The van der Waals surface area contributed by atoms with Crippen LogP contribution in [0.3, 0.4) is 0 Å². The van der Waals surface area contributed by atoms with Gasteiger partial charge in [-0.25, -0.2) is 13.1 Å². The van der Waals surface area contributed by atoms with Crippen LogP contribution in [-0.4, -0.2) is 35.6 Å². The van der Waals surface area contributed by atoms with Crippen molar-refractivity contribution in [3.05, 3.63) is 33.3 Å². The number of halogens is 1. The number of nitro groups is 1. The Labute approximate surface area is 124 Å². The Bertz CT molecular complexity index is 647. The summed E-state index contributed by atoms with van der Waals surface area (Å²) in [6, 6.07) is 3.15. The standard InChI is InChI=1S/C10H13ClN2O5S2/c1-7(19(2)16)6-12-20(17,18)10-5-8(13(14)15)3-4-9(10)11/h3-5,7,12H,6H2,1-2H3. The molecule has 1 aromatic rings. The molecule has 2 atom stereocenters. The minimum absolute atomic E-state index is 0.0511. The zero-order chi connectivity index (χ0) is 15.5. The topological polar surface area (TPSA) is 106 Å². The second-order valence-corrected chi connectivity index (χ2v) is 7.98. The molecular weight excluding hydrogens is 328 g/mol. The van der Waals surface area contributed by atoms with Crippen molar-refractivity contribution in [2.75, 3.05) is 12.8 Å². The minimum atomic E-state index is -4.00. The van der Waals surface area contributed by atoms with Crippen molar-refractivity contribution in [1.82, 2.24) is 4.72 Å². The Morgan fingerprint density at radius 2 is 2.10 bits per heavy atom. The van der Waals surface area contributed by atoms with Crippen LogP contribution in [0.4, 0.5) is 5.69 Å². The summed E-state index contributed by atoms with van der Waals surface area (Å²) in [6.07, 6.45) is 1.46. The normalized spacial score (nSPS) is 14.8. The molecule has 1 N–H and O–H groups in total. The largest absolute Gasteiger partial charge is 0.270 e. The molecule has 0 aliphatic carbocycles. The highest BCUT2D eigenvalue weighted by Gasteiger charge is 2.22. The van der Waals surface area contributed by atoms with Crippen LogP contribution in [0.1, 0.15) is 6.92 Å². The van der Waals surface area contributed by atoms with Crippen molar-refractivity contribution in [3.63, 3.8) is 0 Å². The lowest BCUT2D eigenvalue weighted by molar-refractivity contribution is -0.385. The van der Waals surface area contributed by atoms with Gasteiger partial charge >= 0.3 is 0 Å². The van der Waals surface area contributed by atoms with Crippen molar-refractivity contribution in [1.29, 1.82) is 0 Å². The highest BCUT2D eigenvalue weighted by Crippen LogP contribution is 2.25. The van der Waals surface area contributed by atoms with Crippen LogP contribution in [0.5, 0.6) is 0 Å². The molecule has 0 aromatic heterocycles. The molecule has 0 radical (unpaired) electrons. The fourth-order valence-corrected chi connectivity index (χ4v) is 3.31. The van der Waals surface area contributed by atoms with Gasteiger partial charge in [0.25, 0.3) is 5.69 Å². The number of sulfonamides is 1.